The van der Waals surface area contributed by atoms with Gasteiger partial charge in [0, 0.05) is 13.1 Å². The molecule has 2 aliphatic rings. The number of oxazole rings is 1. The Morgan fingerprint density at radius 2 is 1.87 bits per heavy atom. The predicted octanol–water partition coefficient (Wildman–Crippen LogP) is 3.55. The van der Waals surface area contributed by atoms with Crippen molar-refractivity contribution in [1.29, 1.82) is 0 Å². The fourth-order valence-corrected chi connectivity index (χ4v) is 4.93. The van der Waals surface area contributed by atoms with Crippen LogP contribution in [0.15, 0.2) is 45.6 Å². The standard InChI is InChI=1S/C24H26FN3O3/c1-15-2-3-16(12-19(15)25)14-28-11-8-21(23(28)29)27-9-6-17(7-10-27)18-4-5-20-22(13-18)31-24(30)26-20/h2-5,12-13,17,21H,6-11,14H2,1H3,(H,26,30)/t21-/m1/s1. The first-order chi connectivity index (χ1) is 15.0. The third-order valence-corrected chi connectivity index (χ3v) is 6.77. The van der Waals surface area contributed by atoms with Gasteiger partial charge in [-0.05, 0) is 80.1 Å². The zero-order valence-electron chi connectivity index (χ0n) is 17.6. The Hall–Kier alpha value is -2.93. The van der Waals surface area contributed by atoms with E-state index in [9.17, 15) is 14.0 Å². The molecule has 0 aliphatic carbocycles. The van der Waals surface area contributed by atoms with Crippen molar-refractivity contribution in [2.24, 2.45) is 0 Å². The fraction of sp³-hybridized carbons (Fsp3) is 0.417. The summed E-state index contributed by atoms with van der Waals surface area (Å²) in [5.41, 5.74) is 3.95. The molecule has 3 aromatic rings. The quantitative estimate of drug-likeness (QED) is 0.697. The van der Waals surface area contributed by atoms with Gasteiger partial charge in [-0.15, -0.1) is 0 Å². The zero-order chi connectivity index (χ0) is 21.5. The topological polar surface area (TPSA) is 69.6 Å². The van der Waals surface area contributed by atoms with Gasteiger partial charge in [-0.25, -0.2) is 9.18 Å². The third kappa shape index (κ3) is 3.90. The van der Waals surface area contributed by atoms with Crippen LogP contribution in [0, 0.1) is 12.7 Å². The van der Waals surface area contributed by atoms with Crippen LogP contribution in [0.5, 0.6) is 0 Å². The van der Waals surface area contributed by atoms with E-state index >= 15 is 0 Å². The van der Waals surface area contributed by atoms with Crippen molar-refractivity contribution in [2.75, 3.05) is 19.6 Å². The molecule has 0 unspecified atom stereocenters. The molecule has 0 spiro atoms. The van der Waals surface area contributed by atoms with Gasteiger partial charge in [0.2, 0.25) is 5.91 Å². The molecule has 1 amide bonds. The van der Waals surface area contributed by atoms with E-state index in [0.717, 1.165) is 43.4 Å². The van der Waals surface area contributed by atoms with E-state index in [-0.39, 0.29) is 17.8 Å². The number of fused-ring (bicyclic) bond motifs is 1. The summed E-state index contributed by atoms with van der Waals surface area (Å²) in [6.07, 6.45) is 2.75. The molecule has 5 rings (SSSR count). The van der Waals surface area contributed by atoms with E-state index in [4.69, 9.17) is 4.42 Å². The van der Waals surface area contributed by atoms with Gasteiger partial charge in [0.1, 0.15) is 5.82 Å². The zero-order valence-corrected chi connectivity index (χ0v) is 17.6. The Morgan fingerprint density at radius 1 is 1.06 bits per heavy atom. The molecule has 31 heavy (non-hydrogen) atoms. The number of aromatic amines is 1. The lowest BCUT2D eigenvalue weighted by molar-refractivity contribution is -0.133. The number of hydrogen-bond donors (Lipinski definition) is 1. The molecule has 2 aliphatic heterocycles. The van der Waals surface area contributed by atoms with Crippen molar-refractivity contribution < 1.29 is 13.6 Å². The van der Waals surface area contributed by atoms with Crippen LogP contribution in [0.3, 0.4) is 0 Å². The molecule has 2 saturated heterocycles. The van der Waals surface area contributed by atoms with Gasteiger partial charge >= 0.3 is 5.76 Å². The van der Waals surface area contributed by atoms with E-state index in [1.54, 1.807) is 13.0 Å². The number of nitrogens with one attached hydrogen (secondary N) is 1. The highest BCUT2D eigenvalue weighted by Crippen LogP contribution is 2.32. The van der Waals surface area contributed by atoms with Crippen LogP contribution >= 0.6 is 0 Å². The maximum atomic E-state index is 13.8. The Labute approximate surface area is 179 Å². The normalized spacial score (nSPS) is 20.8. The van der Waals surface area contributed by atoms with Crippen LogP contribution in [0.1, 0.15) is 41.9 Å². The first-order valence-electron chi connectivity index (χ1n) is 10.9. The first kappa shape index (κ1) is 20.0. The Bertz CT molecular complexity index is 1180. The second kappa shape index (κ2) is 7.96. The molecule has 162 valence electrons. The molecule has 1 atom stereocenters. The van der Waals surface area contributed by atoms with Gasteiger partial charge in [0.15, 0.2) is 5.58 Å². The van der Waals surface area contributed by atoms with Gasteiger partial charge in [0.05, 0.1) is 11.6 Å². The third-order valence-electron chi connectivity index (χ3n) is 6.77. The van der Waals surface area contributed by atoms with E-state index in [0.29, 0.717) is 30.2 Å². The number of aromatic nitrogens is 1. The van der Waals surface area contributed by atoms with Crippen LogP contribution in [-0.2, 0) is 11.3 Å². The van der Waals surface area contributed by atoms with Gasteiger partial charge in [-0.3, -0.25) is 14.7 Å². The van der Waals surface area contributed by atoms with Gasteiger partial charge in [0.25, 0.3) is 0 Å². The second-order valence-corrected chi connectivity index (χ2v) is 8.73. The molecule has 2 aromatic carbocycles. The molecular formula is C24H26FN3O3. The van der Waals surface area contributed by atoms with Crippen molar-refractivity contribution in [1.82, 2.24) is 14.8 Å². The maximum absolute atomic E-state index is 13.8. The highest BCUT2D eigenvalue weighted by molar-refractivity contribution is 5.84. The number of amides is 1. The monoisotopic (exact) mass is 423 g/mol. The predicted molar refractivity (Wildman–Crippen MR) is 115 cm³/mol. The van der Waals surface area contributed by atoms with Crippen LogP contribution in [0.25, 0.3) is 11.1 Å². The lowest BCUT2D eigenvalue weighted by Gasteiger charge is -2.35. The highest BCUT2D eigenvalue weighted by Gasteiger charge is 2.37. The average molecular weight is 423 g/mol. The number of benzene rings is 2. The van der Waals surface area contributed by atoms with Crippen LogP contribution < -0.4 is 5.76 Å². The minimum Gasteiger partial charge on any atom is -0.408 e. The molecule has 1 N–H and O–H groups in total. The highest BCUT2D eigenvalue weighted by atomic mass is 19.1. The van der Waals surface area contributed by atoms with Gasteiger partial charge < -0.3 is 9.32 Å². The van der Waals surface area contributed by atoms with Crippen LogP contribution in [0.2, 0.25) is 0 Å². The lowest BCUT2D eigenvalue weighted by Crippen LogP contribution is -2.45. The molecule has 7 heteroatoms. The number of aryl methyl sites for hydroxylation is 1. The van der Waals surface area contributed by atoms with Gasteiger partial charge in [-0.1, -0.05) is 18.2 Å². The Kier molecular flexibility index (Phi) is 5.14. The number of H-pyrrole nitrogens is 1. The number of likely N-dealkylation sites (tertiary alicyclic amines) is 2. The molecule has 1 aromatic heterocycles. The summed E-state index contributed by atoms with van der Waals surface area (Å²) < 4.78 is 19.0. The summed E-state index contributed by atoms with van der Waals surface area (Å²) in [6.45, 7) is 4.64. The number of hydrogen-bond acceptors (Lipinski definition) is 4. The average Bonchev–Trinajstić information content (AvgIpc) is 3.32. The number of carbonyl (C=O) groups is 1. The smallest absolute Gasteiger partial charge is 0.408 e. The Morgan fingerprint density at radius 3 is 2.65 bits per heavy atom. The van der Waals surface area contributed by atoms with Crippen molar-refractivity contribution in [3.05, 3.63) is 69.5 Å². The first-order valence-corrected chi connectivity index (χ1v) is 10.9. The van der Waals surface area contributed by atoms with E-state index in [1.165, 1.54) is 11.6 Å². The summed E-state index contributed by atoms with van der Waals surface area (Å²) in [4.78, 5) is 31.2. The number of halogens is 1. The Balaban J connectivity index is 1.20. The summed E-state index contributed by atoms with van der Waals surface area (Å²) in [5, 5.41) is 0. The lowest BCUT2D eigenvalue weighted by atomic mass is 9.88. The SMILES string of the molecule is Cc1ccc(CN2CC[C@@H](N3CCC(c4ccc5[nH]c(=O)oc5c4)CC3)C2=O)cc1F. The summed E-state index contributed by atoms with van der Waals surface area (Å²) >= 11 is 0. The number of carbonyl (C=O) groups excluding carboxylic acids is 1. The van der Waals surface area contributed by atoms with Crippen molar-refractivity contribution >= 4 is 17.0 Å². The largest absolute Gasteiger partial charge is 0.417 e. The van der Waals surface area contributed by atoms with Crippen molar-refractivity contribution in [2.45, 2.75) is 44.7 Å². The molecule has 0 bridgehead atoms. The molecule has 2 fully saturated rings. The molecule has 3 heterocycles. The van der Waals surface area contributed by atoms with Crippen molar-refractivity contribution in [3.8, 4) is 0 Å². The number of nitrogens with zero attached hydrogens (tertiary/aromatic N) is 2. The van der Waals surface area contributed by atoms with Crippen molar-refractivity contribution in [3.63, 3.8) is 0 Å². The van der Waals surface area contributed by atoms with E-state index < -0.39 is 5.76 Å². The van der Waals surface area contributed by atoms with Gasteiger partial charge in [-0.2, -0.15) is 0 Å². The van der Waals surface area contributed by atoms with E-state index in [1.807, 2.05) is 23.1 Å². The summed E-state index contributed by atoms with van der Waals surface area (Å²) in [5.74, 6) is -0.113. The second-order valence-electron chi connectivity index (χ2n) is 8.73. The maximum Gasteiger partial charge on any atom is 0.417 e. The number of piperidine rings is 1. The minimum absolute atomic E-state index is 0.0820. The van der Waals surface area contributed by atoms with Crippen LogP contribution in [-0.4, -0.2) is 46.4 Å². The molecular weight excluding hydrogens is 397 g/mol. The van der Waals surface area contributed by atoms with E-state index in [2.05, 4.69) is 16.0 Å². The summed E-state index contributed by atoms with van der Waals surface area (Å²) in [6, 6.07) is 11.0. The van der Waals surface area contributed by atoms with Crippen LogP contribution in [0.4, 0.5) is 4.39 Å². The summed E-state index contributed by atoms with van der Waals surface area (Å²) in [7, 11) is 0. The fourth-order valence-electron chi connectivity index (χ4n) is 4.93. The molecule has 6 nitrogen and oxygen atoms in total. The molecule has 0 radical (unpaired) electrons. The number of rotatable bonds is 4. The minimum atomic E-state index is -0.431. The molecule has 0 saturated carbocycles.